The summed E-state index contributed by atoms with van der Waals surface area (Å²) in [6, 6.07) is 12.8. The molecule has 222 valence electrons. The van der Waals surface area contributed by atoms with Crippen LogP contribution < -0.4 is 25.8 Å². The number of hydrogen-bond donors (Lipinski definition) is 3. The highest BCUT2D eigenvalue weighted by molar-refractivity contribution is 5.88. The highest BCUT2D eigenvalue weighted by Gasteiger charge is 2.34. The van der Waals surface area contributed by atoms with E-state index in [4.69, 9.17) is 15.2 Å². The van der Waals surface area contributed by atoms with Crippen molar-refractivity contribution in [1.82, 2.24) is 29.9 Å². The lowest BCUT2D eigenvalue weighted by molar-refractivity contribution is -0.137. The van der Waals surface area contributed by atoms with Gasteiger partial charge in [-0.1, -0.05) is 0 Å². The Morgan fingerprint density at radius 2 is 1.91 bits per heavy atom. The molecular weight excluding hydrogens is 565 g/mol. The van der Waals surface area contributed by atoms with Gasteiger partial charge in [0.05, 0.1) is 48.2 Å². The lowest BCUT2D eigenvalue weighted by Crippen LogP contribution is -2.30. The number of aromatic nitrogens is 5. The third-order valence-electron chi connectivity index (χ3n) is 6.39. The lowest BCUT2D eigenvalue weighted by Gasteiger charge is -2.13. The fourth-order valence-corrected chi connectivity index (χ4v) is 4.37. The van der Waals surface area contributed by atoms with Crippen LogP contribution in [-0.2, 0) is 6.18 Å². The molecule has 0 bridgehead atoms. The molecule has 4 N–H and O–H groups in total. The number of hydrogen-bond acceptors (Lipinski definition) is 8. The number of aryl methyl sites for hydroxylation is 1. The maximum absolute atomic E-state index is 13.5. The minimum Gasteiger partial charge on any atom is -0.493 e. The van der Waals surface area contributed by atoms with E-state index in [1.165, 1.54) is 17.8 Å². The number of nitrogens with zero attached hydrogens (tertiary/aromatic N) is 5. The van der Waals surface area contributed by atoms with E-state index in [2.05, 4.69) is 30.7 Å². The number of benzene rings is 1. The SMILES string of the molecule is COc1cc(-c2ccc3nc(C)c(-c4cnc(N)c(C(F)(F)F)c4)n3n2)ccc1OCCCNC(=O)Nc1cccnc1. The summed E-state index contributed by atoms with van der Waals surface area (Å²) in [6.45, 7) is 2.39. The molecule has 0 aliphatic carbocycles. The summed E-state index contributed by atoms with van der Waals surface area (Å²) in [4.78, 5) is 24.1. The Labute approximate surface area is 243 Å². The third-order valence-corrected chi connectivity index (χ3v) is 6.39. The normalized spacial score (nSPS) is 11.4. The van der Waals surface area contributed by atoms with Crippen molar-refractivity contribution in [3.05, 3.63) is 78.4 Å². The monoisotopic (exact) mass is 592 g/mol. The van der Waals surface area contributed by atoms with Gasteiger partial charge in [0.25, 0.3) is 0 Å². The second-order valence-electron chi connectivity index (χ2n) is 9.38. The Hall–Kier alpha value is -5.40. The Bertz CT molecular complexity index is 1760. The number of halogens is 3. The van der Waals surface area contributed by atoms with Crippen molar-refractivity contribution in [3.63, 3.8) is 0 Å². The molecule has 4 aromatic heterocycles. The molecule has 0 radical (unpaired) electrons. The number of alkyl halides is 3. The van der Waals surface area contributed by atoms with Gasteiger partial charge in [0, 0.05) is 30.1 Å². The topological polar surface area (TPSA) is 142 Å². The number of nitrogens with one attached hydrogen (secondary N) is 2. The van der Waals surface area contributed by atoms with Crippen LogP contribution in [0.3, 0.4) is 0 Å². The molecule has 4 heterocycles. The highest BCUT2D eigenvalue weighted by atomic mass is 19.4. The maximum Gasteiger partial charge on any atom is 0.419 e. The fraction of sp³-hybridized carbons (Fsp3) is 0.207. The maximum atomic E-state index is 13.5. The number of carbonyl (C=O) groups is 1. The van der Waals surface area contributed by atoms with Gasteiger partial charge in [-0.05, 0) is 61.9 Å². The number of urea groups is 1. The first-order chi connectivity index (χ1) is 20.6. The Morgan fingerprint density at radius 1 is 1.07 bits per heavy atom. The van der Waals surface area contributed by atoms with Gasteiger partial charge in [0.2, 0.25) is 0 Å². The summed E-state index contributed by atoms with van der Waals surface area (Å²) in [5.41, 5.74) is 7.75. The standard InChI is InChI=1S/C29H27F3N8O3/c1-17-26(19-13-21(29(30,31)32)27(33)36-15-19)40-25(37-17)9-7-22(39-40)18-6-8-23(24(14-18)42-2)43-12-4-11-35-28(41)38-20-5-3-10-34-16-20/h3,5-10,13-16H,4,11-12H2,1-2H3,(H2,33,36)(H2,35,38,41). The first-order valence-corrected chi connectivity index (χ1v) is 13.1. The van der Waals surface area contributed by atoms with Crippen molar-refractivity contribution < 1.29 is 27.4 Å². The second kappa shape index (κ2) is 12.2. The van der Waals surface area contributed by atoms with Crippen LogP contribution in [0.2, 0.25) is 0 Å². The predicted molar refractivity (Wildman–Crippen MR) is 154 cm³/mol. The second-order valence-corrected chi connectivity index (χ2v) is 9.38. The molecule has 2 amide bonds. The van der Waals surface area contributed by atoms with Crippen LogP contribution in [0.4, 0.5) is 29.5 Å². The molecule has 0 fully saturated rings. The largest absolute Gasteiger partial charge is 0.493 e. The summed E-state index contributed by atoms with van der Waals surface area (Å²) in [6.07, 6.45) is 0.319. The molecule has 0 atom stereocenters. The molecule has 5 aromatic rings. The smallest absolute Gasteiger partial charge is 0.419 e. The molecule has 0 spiro atoms. The van der Waals surface area contributed by atoms with Crippen molar-refractivity contribution in [2.45, 2.75) is 19.5 Å². The molecule has 0 aliphatic heterocycles. The van der Waals surface area contributed by atoms with Crippen LogP contribution >= 0.6 is 0 Å². The van der Waals surface area contributed by atoms with E-state index in [1.54, 1.807) is 61.8 Å². The van der Waals surface area contributed by atoms with Gasteiger partial charge in [0.1, 0.15) is 5.82 Å². The number of carbonyl (C=O) groups excluding carboxylic acids is 1. The van der Waals surface area contributed by atoms with Gasteiger partial charge in [0.15, 0.2) is 17.1 Å². The van der Waals surface area contributed by atoms with Crippen molar-refractivity contribution in [1.29, 1.82) is 0 Å². The minimum atomic E-state index is -4.66. The molecule has 5 rings (SSSR count). The molecule has 0 saturated heterocycles. The number of amides is 2. The molecule has 43 heavy (non-hydrogen) atoms. The Morgan fingerprint density at radius 3 is 2.65 bits per heavy atom. The summed E-state index contributed by atoms with van der Waals surface area (Å²) in [5.74, 6) is 0.355. The minimum absolute atomic E-state index is 0.182. The number of methoxy groups -OCH3 is 1. The number of rotatable bonds is 9. The van der Waals surface area contributed by atoms with E-state index >= 15 is 0 Å². The third kappa shape index (κ3) is 6.58. The molecule has 14 heteroatoms. The lowest BCUT2D eigenvalue weighted by atomic mass is 10.1. The average molecular weight is 593 g/mol. The zero-order chi connectivity index (χ0) is 30.6. The first-order valence-electron chi connectivity index (χ1n) is 13.1. The van der Waals surface area contributed by atoms with Crippen molar-refractivity contribution in [2.75, 3.05) is 31.3 Å². The highest BCUT2D eigenvalue weighted by Crippen LogP contribution is 2.36. The van der Waals surface area contributed by atoms with E-state index in [1.807, 2.05) is 0 Å². The molecule has 11 nitrogen and oxygen atoms in total. The van der Waals surface area contributed by atoms with E-state index in [-0.39, 0.29) is 11.6 Å². The van der Waals surface area contributed by atoms with Crippen molar-refractivity contribution >= 4 is 23.2 Å². The summed E-state index contributed by atoms with van der Waals surface area (Å²) < 4.78 is 53.4. The summed E-state index contributed by atoms with van der Waals surface area (Å²) in [7, 11) is 1.51. The Kier molecular flexibility index (Phi) is 8.27. The molecular formula is C29H27F3N8O3. The van der Waals surface area contributed by atoms with Crippen LogP contribution in [0.25, 0.3) is 28.2 Å². The number of ether oxygens (including phenoxy) is 2. The molecule has 1 aromatic carbocycles. The number of fused-ring (bicyclic) bond motifs is 1. The van der Waals surface area contributed by atoms with Crippen LogP contribution in [0.1, 0.15) is 17.7 Å². The van der Waals surface area contributed by atoms with Crippen molar-refractivity contribution in [3.8, 4) is 34.0 Å². The predicted octanol–water partition coefficient (Wildman–Crippen LogP) is 5.36. The quantitative estimate of drug-likeness (QED) is 0.194. The fourth-order valence-electron chi connectivity index (χ4n) is 4.37. The van der Waals surface area contributed by atoms with Crippen LogP contribution in [0.5, 0.6) is 11.5 Å². The molecule has 0 saturated carbocycles. The van der Waals surface area contributed by atoms with Gasteiger partial charge in [-0.25, -0.2) is 19.3 Å². The first kappa shape index (κ1) is 29.1. The van der Waals surface area contributed by atoms with E-state index in [9.17, 15) is 18.0 Å². The Balaban J connectivity index is 1.29. The van der Waals surface area contributed by atoms with Crippen LogP contribution in [0.15, 0.2) is 67.1 Å². The number of imidazole rings is 1. The van der Waals surface area contributed by atoms with Crippen LogP contribution in [0, 0.1) is 6.92 Å². The van der Waals surface area contributed by atoms with Gasteiger partial charge >= 0.3 is 12.2 Å². The van der Waals surface area contributed by atoms with E-state index in [0.717, 1.165) is 6.07 Å². The number of pyridine rings is 2. The van der Waals surface area contributed by atoms with Crippen molar-refractivity contribution in [2.24, 2.45) is 0 Å². The zero-order valence-corrected chi connectivity index (χ0v) is 23.1. The number of nitrogen functional groups attached to an aromatic ring is 1. The zero-order valence-electron chi connectivity index (χ0n) is 23.1. The molecule has 0 aliphatic rings. The summed E-state index contributed by atoms with van der Waals surface area (Å²) >= 11 is 0. The number of nitrogens with two attached hydrogens (primary N) is 1. The van der Waals surface area contributed by atoms with Gasteiger partial charge in [-0.15, -0.1) is 0 Å². The van der Waals surface area contributed by atoms with Gasteiger partial charge in [-0.2, -0.15) is 18.3 Å². The van der Waals surface area contributed by atoms with E-state index in [0.29, 0.717) is 65.1 Å². The van der Waals surface area contributed by atoms with Gasteiger partial charge < -0.3 is 25.8 Å². The van der Waals surface area contributed by atoms with Gasteiger partial charge in [-0.3, -0.25) is 4.98 Å². The molecule has 0 unspecified atom stereocenters. The number of anilines is 2. The van der Waals surface area contributed by atoms with Crippen LogP contribution in [-0.4, -0.2) is 50.9 Å². The average Bonchev–Trinajstić information content (AvgIpc) is 3.32. The van der Waals surface area contributed by atoms with E-state index < -0.39 is 17.6 Å². The summed E-state index contributed by atoms with van der Waals surface area (Å²) in [5, 5.41) is 10.1.